The number of carbonyl (C=O) groups excluding carboxylic acids is 1. The standard InChI is InChI=1S/C51H101N2O6P/c1-6-8-10-12-14-16-18-20-22-23-24-25-26-27-28-29-31-33-35-37-39-41-43-45-51(55)52-49(48-59-60(56,57)58-47-46-53(3,4)5)50(54)44-42-40-38-36-34-32-30-21-19-17-15-13-11-9-7-2/h20,22,42,44,49-50,54H,6-19,21,23-41,43,45-48H2,1-5H3,(H-,52,55,56,57)/b22-20+,44-42+/t49-,50+/m0/s1. The summed E-state index contributed by atoms with van der Waals surface area (Å²) in [5.74, 6) is -0.195. The minimum absolute atomic E-state index is 0.000735. The summed E-state index contributed by atoms with van der Waals surface area (Å²) in [4.78, 5) is 25.4. The summed E-state index contributed by atoms with van der Waals surface area (Å²) in [5, 5.41) is 13.8. The molecule has 9 heteroatoms. The second-order valence-electron chi connectivity index (χ2n) is 18.9. The van der Waals surface area contributed by atoms with Crippen LogP contribution in [0.4, 0.5) is 0 Å². The van der Waals surface area contributed by atoms with E-state index in [0.717, 1.165) is 38.5 Å². The number of aliphatic hydroxyl groups is 1. The number of quaternary nitrogens is 1. The molecule has 0 aliphatic heterocycles. The molecule has 0 bridgehead atoms. The molecule has 356 valence electrons. The third-order valence-electron chi connectivity index (χ3n) is 11.7. The van der Waals surface area contributed by atoms with Gasteiger partial charge in [0.25, 0.3) is 7.82 Å². The second kappa shape index (κ2) is 43.2. The molecule has 0 aliphatic rings. The van der Waals surface area contributed by atoms with Gasteiger partial charge in [-0.3, -0.25) is 9.36 Å². The summed E-state index contributed by atoms with van der Waals surface area (Å²) in [6, 6.07) is -0.883. The highest BCUT2D eigenvalue weighted by Crippen LogP contribution is 2.38. The number of phosphoric ester groups is 1. The van der Waals surface area contributed by atoms with Crippen molar-refractivity contribution in [2.24, 2.45) is 0 Å². The van der Waals surface area contributed by atoms with Gasteiger partial charge in [0.05, 0.1) is 39.9 Å². The van der Waals surface area contributed by atoms with Gasteiger partial charge in [0.15, 0.2) is 0 Å². The Balaban J connectivity index is 4.24. The van der Waals surface area contributed by atoms with E-state index in [0.29, 0.717) is 17.4 Å². The van der Waals surface area contributed by atoms with E-state index in [-0.39, 0.29) is 19.1 Å². The average molecular weight is 869 g/mol. The Morgan fingerprint density at radius 2 is 0.917 bits per heavy atom. The first-order valence-electron chi connectivity index (χ1n) is 25.7. The molecular formula is C51H101N2O6P. The molecule has 3 atom stereocenters. The number of aliphatic hydroxyl groups excluding tert-OH is 1. The Morgan fingerprint density at radius 3 is 1.30 bits per heavy atom. The molecule has 0 aromatic rings. The van der Waals surface area contributed by atoms with E-state index in [1.807, 2.05) is 27.2 Å². The van der Waals surface area contributed by atoms with Gasteiger partial charge in [0.1, 0.15) is 13.2 Å². The molecule has 0 saturated heterocycles. The number of likely N-dealkylation sites (N-methyl/N-ethyl adjacent to an activating group) is 1. The lowest BCUT2D eigenvalue weighted by molar-refractivity contribution is -0.870. The molecule has 8 nitrogen and oxygen atoms in total. The predicted molar refractivity (Wildman–Crippen MR) is 256 cm³/mol. The monoisotopic (exact) mass is 869 g/mol. The van der Waals surface area contributed by atoms with Crippen LogP contribution >= 0.6 is 7.82 Å². The van der Waals surface area contributed by atoms with E-state index in [4.69, 9.17) is 9.05 Å². The zero-order valence-electron chi connectivity index (χ0n) is 40.4. The normalized spacial score (nSPS) is 14.3. The molecule has 0 spiro atoms. The maximum Gasteiger partial charge on any atom is 0.268 e. The second-order valence-corrected chi connectivity index (χ2v) is 20.3. The quantitative estimate of drug-likeness (QED) is 0.0273. The van der Waals surface area contributed by atoms with Crippen molar-refractivity contribution in [1.82, 2.24) is 5.32 Å². The molecule has 0 heterocycles. The van der Waals surface area contributed by atoms with Gasteiger partial charge in [-0.25, -0.2) is 0 Å². The van der Waals surface area contributed by atoms with Crippen molar-refractivity contribution < 1.29 is 32.9 Å². The summed E-state index contributed by atoms with van der Waals surface area (Å²) in [7, 11) is 1.27. The number of hydrogen-bond acceptors (Lipinski definition) is 6. The van der Waals surface area contributed by atoms with Gasteiger partial charge < -0.3 is 28.8 Å². The van der Waals surface area contributed by atoms with E-state index in [2.05, 4.69) is 31.3 Å². The van der Waals surface area contributed by atoms with Crippen molar-refractivity contribution in [3.05, 3.63) is 24.3 Å². The molecule has 0 aromatic heterocycles. The fourth-order valence-electron chi connectivity index (χ4n) is 7.56. The van der Waals surface area contributed by atoms with Gasteiger partial charge in [-0.15, -0.1) is 0 Å². The highest BCUT2D eigenvalue weighted by atomic mass is 31.2. The SMILES string of the molecule is CCCCCCCC/C=C/CCCCCCCCCCCCCCCC(=O)N[C@@H](COP(=O)([O-])OCC[N+](C)(C)C)[C@H](O)/C=C/CCCCCCCCCCCCCCC. The molecule has 0 fully saturated rings. The van der Waals surface area contributed by atoms with Crippen molar-refractivity contribution in [2.75, 3.05) is 40.9 Å². The highest BCUT2D eigenvalue weighted by Gasteiger charge is 2.23. The van der Waals surface area contributed by atoms with Crippen LogP contribution < -0.4 is 10.2 Å². The Hall–Kier alpha value is -1.02. The Labute approximate surface area is 373 Å². The van der Waals surface area contributed by atoms with E-state index in [9.17, 15) is 19.4 Å². The number of carbonyl (C=O) groups is 1. The molecule has 60 heavy (non-hydrogen) atoms. The van der Waals surface area contributed by atoms with Gasteiger partial charge in [0, 0.05) is 6.42 Å². The minimum atomic E-state index is -4.59. The maximum atomic E-state index is 12.9. The Bertz CT molecular complexity index is 1030. The molecule has 0 radical (unpaired) electrons. The molecule has 1 unspecified atom stereocenters. The third-order valence-corrected chi connectivity index (χ3v) is 12.6. The van der Waals surface area contributed by atoms with Crippen LogP contribution in [0.15, 0.2) is 24.3 Å². The first-order valence-corrected chi connectivity index (χ1v) is 27.2. The fourth-order valence-corrected chi connectivity index (χ4v) is 8.28. The van der Waals surface area contributed by atoms with Gasteiger partial charge in [-0.2, -0.15) is 0 Å². The van der Waals surface area contributed by atoms with E-state index in [1.54, 1.807) is 6.08 Å². The number of amides is 1. The lowest BCUT2D eigenvalue weighted by atomic mass is 10.0. The number of phosphoric acid groups is 1. The number of unbranched alkanes of at least 4 members (excludes halogenated alkanes) is 32. The predicted octanol–water partition coefficient (Wildman–Crippen LogP) is 14.2. The topological polar surface area (TPSA) is 108 Å². The van der Waals surface area contributed by atoms with Gasteiger partial charge in [-0.1, -0.05) is 218 Å². The third kappa shape index (κ3) is 45.0. The van der Waals surface area contributed by atoms with Crippen LogP contribution in [0.3, 0.4) is 0 Å². The average Bonchev–Trinajstić information content (AvgIpc) is 3.20. The first-order chi connectivity index (χ1) is 29.0. The molecule has 2 N–H and O–H groups in total. The van der Waals surface area contributed by atoms with E-state index < -0.39 is 20.0 Å². The van der Waals surface area contributed by atoms with Gasteiger partial charge in [-0.05, 0) is 44.9 Å². The number of nitrogens with zero attached hydrogens (tertiary/aromatic N) is 1. The van der Waals surface area contributed by atoms with Crippen molar-refractivity contribution >= 4 is 13.7 Å². The largest absolute Gasteiger partial charge is 0.756 e. The maximum absolute atomic E-state index is 12.9. The van der Waals surface area contributed by atoms with Crippen LogP contribution in [0.1, 0.15) is 245 Å². The van der Waals surface area contributed by atoms with Crippen molar-refractivity contribution in [3.63, 3.8) is 0 Å². The lowest BCUT2D eigenvalue weighted by Gasteiger charge is -2.29. The lowest BCUT2D eigenvalue weighted by Crippen LogP contribution is -2.45. The molecule has 0 saturated carbocycles. The number of allylic oxidation sites excluding steroid dienone is 3. The summed E-state index contributed by atoms with van der Waals surface area (Å²) in [6.07, 6.45) is 52.3. The van der Waals surface area contributed by atoms with Crippen molar-refractivity contribution in [2.45, 2.75) is 257 Å². The summed E-state index contributed by atoms with van der Waals surface area (Å²) >= 11 is 0. The van der Waals surface area contributed by atoms with E-state index >= 15 is 0 Å². The number of hydrogen-bond donors (Lipinski definition) is 2. The zero-order chi connectivity index (χ0) is 44.3. The van der Waals surface area contributed by atoms with Crippen molar-refractivity contribution in [3.8, 4) is 0 Å². The summed E-state index contributed by atoms with van der Waals surface area (Å²) in [6.45, 7) is 4.66. The number of rotatable bonds is 47. The van der Waals surface area contributed by atoms with Crippen LogP contribution in [0, 0.1) is 0 Å². The molecule has 0 aliphatic carbocycles. The minimum Gasteiger partial charge on any atom is -0.756 e. The summed E-state index contributed by atoms with van der Waals surface area (Å²) in [5.41, 5.74) is 0. The first kappa shape index (κ1) is 59.0. The van der Waals surface area contributed by atoms with Crippen LogP contribution in [0.5, 0.6) is 0 Å². The van der Waals surface area contributed by atoms with E-state index in [1.165, 1.54) is 186 Å². The van der Waals surface area contributed by atoms with Gasteiger partial charge in [0.2, 0.25) is 5.91 Å². The van der Waals surface area contributed by atoms with Crippen LogP contribution in [0.2, 0.25) is 0 Å². The van der Waals surface area contributed by atoms with Crippen LogP contribution in [0.25, 0.3) is 0 Å². The van der Waals surface area contributed by atoms with Crippen LogP contribution in [-0.4, -0.2) is 68.5 Å². The molecule has 0 rings (SSSR count). The number of nitrogens with one attached hydrogen (secondary N) is 1. The van der Waals surface area contributed by atoms with Crippen LogP contribution in [-0.2, 0) is 18.4 Å². The molecular weight excluding hydrogens is 768 g/mol. The van der Waals surface area contributed by atoms with Crippen molar-refractivity contribution in [1.29, 1.82) is 0 Å². The molecule has 1 amide bonds. The zero-order valence-corrected chi connectivity index (χ0v) is 41.3. The molecule has 0 aromatic carbocycles. The summed E-state index contributed by atoms with van der Waals surface area (Å²) < 4.78 is 23.3. The van der Waals surface area contributed by atoms with Gasteiger partial charge >= 0.3 is 0 Å². The Morgan fingerprint density at radius 1 is 0.567 bits per heavy atom. The fraction of sp³-hybridized carbons (Fsp3) is 0.902. The Kier molecular flexibility index (Phi) is 42.5. The smallest absolute Gasteiger partial charge is 0.268 e. The highest BCUT2D eigenvalue weighted by molar-refractivity contribution is 7.45.